The molecule has 194 valence electrons. The summed E-state index contributed by atoms with van der Waals surface area (Å²) in [6, 6.07) is 15.8. The van der Waals surface area contributed by atoms with Crippen molar-refractivity contribution < 1.29 is 27.4 Å². The monoisotopic (exact) mass is 512 g/mol. The van der Waals surface area contributed by atoms with Gasteiger partial charge in [-0.15, -0.1) is 0 Å². The number of alkyl halides is 3. The first-order valence-corrected chi connectivity index (χ1v) is 11.7. The maximum atomic E-state index is 12.8. The molecule has 0 fully saturated rings. The predicted octanol–water partition coefficient (Wildman–Crippen LogP) is 6.25. The molecule has 2 N–H and O–H groups in total. The van der Waals surface area contributed by atoms with Crippen LogP contribution in [-0.2, 0) is 0 Å². The quantitative estimate of drug-likeness (QED) is 0.277. The normalized spacial score (nSPS) is 11.4. The molecule has 0 radical (unpaired) electrons. The summed E-state index contributed by atoms with van der Waals surface area (Å²) in [6.07, 6.45) is -3.68. The van der Waals surface area contributed by atoms with Gasteiger partial charge >= 0.3 is 6.18 Å². The maximum Gasteiger partial charge on any atom is 0.390 e. The van der Waals surface area contributed by atoms with Crippen LogP contribution in [0, 0.1) is 6.92 Å². The van der Waals surface area contributed by atoms with Gasteiger partial charge in [0, 0.05) is 42.5 Å². The Kier molecular flexibility index (Phi) is 7.56. The van der Waals surface area contributed by atoms with E-state index in [4.69, 9.17) is 9.47 Å². The molecular formula is C27H27F3N4O3. The van der Waals surface area contributed by atoms with Crippen molar-refractivity contribution in [1.82, 2.24) is 14.9 Å². The van der Waals surface area contributed by atoms with Gasteiger partial charge < -0.3 is 20.1 Å². The zero-order valence-electron chi connectivity index (χ0n) is 20.6. The lowest BCUT2D eigenvalue weighted by Crippen LogP contribution is -2.23. The highest BCUT2D eigenvalue weighted by molar-refractivity contribution is 5.96. The smallest absolute Gasteiger partial charge is 0.390 e. The molecule has 0 aliphatic rings. The predicted molar refractivity (Wildman–Crippen MR) is 136 cm³/mol. The van der Waals surface area contributed by atoms with Crippen molar-refractivity contribution in [3.63, 3.8) is 0 Å². The number of nitrogens with zero attached hydrogens (tertiary/aromatic N) is 2. The van der Waals surface area contributed by atoms with Crippen LogP contribution < -0.4 is 20.1 Å². The van der Waals surface area contributed by atoms with Gasteiger partial charge in [0.15, 0.2) is 0 Å². The van der Waals surface area contributed by atoms with Crippen LogP contribution >= 0.6 is 0 Å². The largest absolute Gasteiger partial charge is 0.497 e. The minimum atomic E-state index is -4.29. The van der Waals surface area contributed by atoms with Crippen LogP contribution in [0.2, 0.25) is 0 Å². The summed E-state index contributed by atoms with van der Waals surface area (Å²) >= 11 is 0. The number of carbonyl (C=O) groups excluding carboxylic acids is 1. The average molecular weight is 513 g/mol. The van der Waals surface area contributed by atoms with Crippen molar-refractivity contribution >= 4 is 22.6 Å². The lowest BCUT2D eigenvalue weighted by Gasteiger charge is -2.14. The Balaban J connectivity index is 1.75. The maximum absolute atomic E-state index is 12.8. The van der Waals surface area contributed by atoms with Crippen LogP contribution in [-0.4, -0.2) is 41.8 Å². The van der Waals surface area contributed by atoms with E-state index in [0.717, 1.165) is 11.3 Å². The second-order valence-corrected chi connectivity index (χ2v) is 8.38. The Hall–Kier alpha value is -4.21. The summed E-state index contributed by atoms with van der Waals surface area (Å²) in [4.78, 5) is 16.8. The fourth-order valence-corrected chi connectivity index (χ4v) is 3.94. The Morgan fingerprint density at radius 2 is 1.84 bits per heavy atom. The number of amides is 1. The van der Waals surface area contributed by atoms with Gasteiger partial charge in [-0.2, -0.15) is 13.2 Å². The topological polar surface area (TPSA) is 77.4 Å². The number of carbonyl (C=O) groups is 1. The number of ether oxygens (including phenoxy) is 2. The van der Waals surface area contributed by atoms with E-state index in [-0.39, 0.29) is 12.5 Å². The van der Waals surface area contributed by atoms with Crippen LogP contribution in [0.5, 0.6) is 17.2 Å². The van der Waals surface area contributed by atoms with Crippen molar-refractivity contribution in [3.8, 4) is 22.9 Å². The molecule has 1 aromatic heterocycles. The van der Waals surface area contributed by atoms with E-state index in [2.05, 4.69) is 15.6 Å². The number of aromatic nitrogens is 2. The minimum absolute atomic E-state index is 0.160. The molecule has 4 aromatic rings. The fourth-order valence-electron chi connectivity index (χ4n) is 3.94. The first-order chi connectivity index (χ1) is 17.7. The number of benzene rings is 3. The van der Waals surface area contributed by atoms with Crippen LogP contribution in [0.15, 0.2) is 60.9 Å². The number of aryl methyl sites for hydroxylation is 1. The molecule has 0 bridgehead atoms. The summed E-state index contributed by atoms with van der Waals surface area (Å²) in [5, 5.41) is 5.64. The first-order valence-electron chi connectivity index (χ1n) is 11.7. The number of hydrogen-bond donors (Lipinski definition) is 2. The molecule has 10 heteroatoms. The number of halogens is 3. The van der Waals surface area contributed by atoms with E-state index in [0.29, 0.717) is 46.1 Å². The molecule has 7 nitrogen and oxygen atoms in total. The lowest BCUT2D eigenvalue weighted by atomic mass is 10.1. The molecule has 1 amide bonds. The number of imidazole rings is 1. The standard InChI is InChI=1S/C27H27F3N4O3/c1-4-31-26(35)22-9-8-18(12-17(22)2)34-16-33-25-23(32-11-10-27(28,29)30)14-21(15-24(25)34)37-20-7-5-6-19(13-20)36-3/h5-9,12-16,32H,4,10-11H2,1-3H3,(H,31,35). The zero-order chi connectivity index (χ0) is 26.6. The Bertz CT molecular complexity index is 1420. The third-order valence-corrected chi connectivity index (χ3v) is 5.70. The summed E-state index contributed by atoms with van der Waals surface area (Å²) in [5.74, 6) is 1.36. The number of methoxy groups -OCH3 is 1. The number of anilines is 1. The van der Waals surface area contributed by atoms with E-state index >= 15 is 0 Å². The van der Waals surface area contributed by atoms with Gasteiger partial charge in [0.1, 0.15) is 29.1 Å². The van der Waals surface area contributed by atoms with Crippen LogP contribution in [0.3, 0.4) is 0 Å². The van der Waals surface area contributed by atoms with Crippen molar-refractivity contribution in [1.29, 1.82) is 0 Å². The van der Waals surface area contributed by atoms with Crippen molar-refractivity contribution in [2.45, 2.75) is 26.4 Å². The third-order valence-electron chi connectivity index (χ3n) is 5.70. The molecule has 4 rings (SSSR count). The second kappa shape index (κ2) is 10.8. The molecule has 0 spiro atoms. The summed E-state index contributed by atoms with van der Waals surface area (Å²) in [5.41, 5.74) is 3.61. The van der Waals surface area contributed by atoms with E-state index in [9.17, 15) is 18.0 Å². The molecule has 37 heavy (non-hydrogen) atoms. The van der Waals surface area contributed by atoms with Crippen LogP contribution in [0.25, 0.3) is 16.7 Å². The van der Waals surface area contributed by atoms with Crippen LogP contribution in [0.1, 0.15) is 29.3 Å². The molecule has 0 aliphatic heterocycles. The van der Waals surface area contributed by atoms with Gasteiger partial charge in [0.05, 0.1) is 24.7 Å². The molecule has 0 aliphatic carbocycles. The molecular weight excluding hydrogens is 485 g/mol. The van der Waals surface area contributed by atoms with Gasteiger partial charge in [-0.1, -0.05) is 6.07 Å². The number of nitrogens with one attached hydrogen (secondary N) is 2. The Morgan fingerprint density at radius 3 is 2.54 bits per heavy atom. The lowest BCUT2D eigenvalue weighted by molar-refractivity contribution is -0.131. The highest BCUT2D eigenvalue weighted by atomic mass is 19.4. The van der Waals surface area contributed by atoms with Crippen LogP contribution in [0.4, 0.5) is 18.9 Å². The zero-order valence-corrected chi connectivity index (χ0v) is 20.6. The van der Waals surface area contributed by atoms with E-state index in [1.165, 1.54) is 0 Å². The fraction of sp³-hybridized carbons (Fsp3) is 0.259. The Morgan fingerprint density at radius 1 is 1.05 bits per heavy atom. The number of rotatable bonds is 9. The first kappa shape index (κ1) is 25.9. The molecule has 0 saturated carbocycles. The highest BCUT2D eigenvalue weighted by Gasteiger charge is 2.26. The van der Waals surface area contributed by atoms with Crippen molar-refractivity contribution in [2.24, 2.45) is 0 Å². The third kappa shape index (κ3) is 6.14. The number of fused-ring (bicyclic) bond motifs is 1. The molecule has 1 heterocycles. The average Bonchev–Trinajstić information content (AvgIpc) is 3.27. The molecule has 0 atom stereocenters. The Labute approximate surface area is 212 Å². The number of hydrogen-bond acceptors (Lipinski definition) is 5. The second-order valence-electron chi connectivity index (χ2n) is 8.38. The van der Waals surface area contributed by atoms with Crippen molar-refractivity contribution in [2.75, 3.05) is 25.5 Å². The summed E-state index contributed by atoms with van der Waals surface area (Å²) in [6.45, 7) is 3.90. The van der Waals surface area contributed by atoms with E-state index < -0.39 is 12.6 Å². The van der Waals surface area contributed by atoms with Gasteiger partial charge in [-0.25, -0.2) is 4.98 Å². The van der Waals surface area contributed by atoms with Gasteiger partial charge in [0.25, 0.3) is 5.91 Å². The summed E-state index contributed by atoms with van der Waals surface area (Å²) in [7, 11) is 1.55. The van der Waals surface area contributed by atoms with Crippen molar-refractivity contribution in [3.05, 3.63) is 72.1 Å². The van der Waals surface area contributed by atoms with Gasteiger partial charge in [-0.3, -0.25) is 9.36 Å². The minimum Gasteiger partial charge on any atom is -0.497 e. The van der Waals surface area contributed by atoms with Gasteiger partial charge in [-0.05, 0) is 49.7 Å². The van der Waals surface area contributed by atoms with Gasteiger partial charge in [0.2, 0.25) is 0 Å². The molecule has 0 unspecified atom stereocenters. The summed E-state index contributed by atoms with van der Waals surface area (Å²) < 4.78 is 51.5. The van der Waals surface area contributed by atoms with E-state index in [1.54, 1.807) is 66.5 Å². The molecule has 3 aromatic carbocycles. The van der Waals surface area contributed by atoms with E-state index in [1.807, 2.05) is 19.9 Å². The highest BCUT2D eigenvalue weighted by Crippen LogP contribution is 2.34. The SMILES string of the molecule is CCNC(=O)c1ccc(-n2cnc3c(NCCC(F)(F)F)cc(Oc4cccc(OC)c4)cc32)cc1C. The molecule has 0 saturated heterocycles.